The number of nitrogens with one attached hydrogen (secondary N) is 1. The highest BCUT2D eigenvalue weighted by Crippen LogP contribution is 2.51. The lowest BCUT2D eigenvalue weighted by Crippen LogP contribution is -2.53. The molecule has 2 aliphatic heterocycles. The second-order valence-electron chi connectivity index (χ2n) is 11.3. The van der Waals surface area contributed by atoms with E-state index in [0.717, 1.165) is 16.7 Å². The minimum Gasteiger partial charge on any atom is -0.469 e. The van der Waals surface area contributed by atoms with Crippen molar-refractivity contribution in [3.63, 3.8) is 0 Å². The van der Waals surface area contributed by atoms with Crippen molar-refractivity contribution in [2.24, 2.45) is 5.92 Å². The van der Waals surface area contributed by atoms with Crippen LogP contribution in [-0.4, -0.2) is 72.6 Å². The van der Waals surface area contributed by atoms with E-state index in [2.05, 4.69) is 5.32 Å². The van der Waals surface area contributed by atoms with Crippen molar-refractivity contribution >= 4 is 23.9 Å². The van der Waals surface area contributed by atoms with E-state index in [0.29, 0.717) is 38.1 Å². The third-order valence-corrected chi connectivity index (χ3v) is 8.63. The number of methoxy groups -OCH3 is 1. The van der Waals surface area contributed by atoms with E-state index in [1.165, 1.54) is 7.11 Å². The van der Waals surface area contributed by atoms with Gasteiger partial charge in [0.2, 0.25) is 5.91 Å². The normalized spacial score (nSPS) is 21.9. The number of nitrogens with zero attached hydrogens (tertiary/aromatic N) is 2. The summed E-state index contributed by atoms with van der Waals surface area (Å²) < 4.78 is 10.5. The maximum absolute atomic E-state index is 14.5. The number of aryl methyl sites for hydroxylation is 1. The summed E-state index contributed by atoms with van der Waals surface area (Å²) in [6.07, 6.45) is 0.724. The number of carbonyl (C=O) groups excluding carboxylic acids is 4. The molecule has 230 valence electrons. The van der Waals surface area contributed by atoms with Crippen LogP contribution in [0, 0.1) is 12.8 Å². The molecular weight excluding hydrogens is 558 g/mol. The van der Waals surface area contributed by atoms with Crippen molar-refractivity contribution < 1.29 is 28.7 Å². The van der Waals surface area contributed by atoms with Crippen LogP contribution in [0.1, 0.15) is 58.8 Å². The zero-order chi connectivity index (χ0) is 31.2. The van der Waals surface area contributed by atoms with Crippen molar-refractivity contribution in [1.29, 1.82) is 0 Å². The Morgan fingerprint density at radius 2 is 1.43 bits per heavy atom. The number of carbonyl (C=O) groups is 4. The number of likely N-dealkylation sites (tertiary alicyclic amines) is 2. The maximum atomic E-state index is 14.5. The molecule has 4 atom stereocenters. The largest absolute Gasteiger partial charge is 0.469 e. The highest BCUT2D eigenvalue weighted by atomic mass is 16.6. The number of rotatable bonds is 7. The molecule has 0 spiro atoms. The Morgan fingerprint density at radius 1 is 0.841 bits per heavy atom. The first-order chi connectivity index (χ1) is 21.3. The SMILES string of the molecule is CCOC(=O)N1CCC(NC(=O)C2C(c3ccccc3)C(C(=O)OC)C(c3ccccc3)N2C(=O)c2ccc(C)cc2)CC1. The van der Waals surface area contributed by atoms with E-state index in [1.807, 2.05) is 79.7 Å². The van der Waals surface area contributed by atoms with E-state index >= 15 is 0 Å². The molecule has 1 N–H and O–H groups in total. The number of hydrogen-bond donors (Lipinski definition) is 1. The number of benzene rings is 3. The van der Waals surface area contributed by atoms with Gasteiger partial charge in [-0.1, -0.05) is 78.4 Å². The van der Waals surface area contributed by atoms with Gasteiger partial charge in [-0.2, -0.15) is 0 Å². The Labute approximate surface area is 258 Å². The van der Waals surface area contributed by atoms with Gasteiger partial charge in [0.1, 0.15) is 6.04 Å². The lowest BCUT2D eigenvalue weighted by molar-refractivity contribution is -0.146. The van der Waals surface area contributed by atoms with E-state index in [9.17, 15) is 19.2 Å². The van der Waals surface area contributed by atoms with E-state index < -0.39 is 29.9 Å². The lowest BCUT2D eigenvalue weighted by atomic mass is 9.79. The average Bonchev–Trinajstić information content (AvgIpc) is 3.42. The fourth-order valence-corrected chi connectivity index (χ4v) is 6.50. The first kappa shape index (κ1) is 30.8. The molecule has 2 aliphatic rings. The molecule has 3 amide bonds. The Balaban J connectivity index is 1.58. The summed E-state index contributed by atoms with van der Waals surface area (Å²) in [7, 11) is 1.34. The Bertz CT molecular complexity index is 1450. The molecule has 2 fully saturated rings. The Kier molecular flexibility index (Phi) is 9.62. The molecule has 5 rings (SSSR count). The van der Waals surface area contributed by atoms with Gasteiger partial charge >= 0.3 is 12.1 Å². The quantitative estimate of drug-likeness (QED) is 0.390. The summed E-state index contributed by atoms with van der Waals surface area (Å²) in [5.74, 6) is -2.71. The van der Waals surface area contributed by atoms with Gasteiger partial charge in [-0.3, -0.25) is 14.4 Å². The van der Waals surface area contributed by atoms with Crippen LogP contribution in [0.25, 0.3) is 0 Å². The summed E-state index contributed by atoms with van der Waals surface area (Å²) in [5.41, 5.74) is 2.93. The molecule has 0 aromatic heterocycles. The predicted octanol–water partition coefficient (Wildman–Crippen LogP) is 4.87. The highest BCUT2D eigenvalue weighted by Gasteiger charge is 2.58. The van der Waals surface area contributed by atoms with Gasteiger partial charge in [0.05, 0.1) is 25.7 Å². The second kappa shape index (κ2) is 13.8. The number of ether oxygens (including phenoxy) is 2. The minimum atomic E-state index is -1.01. The molecule has 0 bridgehead atoms. The van der Waals surface area contributed by atoms with Crippen LogP contribution in [0.3, 0.4) is 0 Å². The molecule has 3 aromatic carbocycles. The molecule has 0 radical (unpaired) electrons. The maximum Gasteiger partial charge on any atom is 0.409 e. The fourth-order valence-electron chi connectivity index (χ4n) is 6.50. The third kappa shape index (κ3) is 6.32. The molecule has 44 heavy (non-hydrogen) atoms. The second-order valence-corrected chi connectivity index (χ2v) is 11.3. The van der Waals surface area contributed by atoms with Crippen LogP contribution in [0.2, 0.25) is 0 Å². The lowest BCUT2D eigenvalue weighted by Gasteiger charge is -2.35. The summed E-state index contributed by atoms with van der Waals surface area (Å²) in [5, 5.41) is 3.18. The van der Waals surface area contributed by atoms with Gasteiger partial charge in [0.15, 0.2) is 0 Å². The molecule has 2 heterocycles. The van der Waals surface area contributed by atoms with Crippen molar-refractivity contribution in [3.8, 4) is 0 Å². The summed E-state index contributed by atoms with van der Waals surface area (Å²) in [6.45, 7) is 4.90. The smallest absolute Gasteiger partial charge is 0.409 e. The molecule has 0 saturated carbocycles. The zero-order valence-corrected chi connectivity index (χ0v) is 25.3. The molecular formula is C35H39N3O6. The van der Waals surface area contributed by atoms with Crippen LogP contribution in [0.5, 0.6) is 0 Å². The topological polar surface area (TPSA) is 105 Å². The first-order valence-corrected chi connectivity index (χ1v) is 15.1. The minimum absolute atomic E-state index is 0.215. The summed E-state index contributed by atoms with van der Waals surface area (Å²) in [4.78, 5) is 58.1. The van der Waals surface area contributed by atoms with Gasteiger partial charge in [-0.15, -0.1) is 0 Å². The van der Waals surface area contributed by atoms with Gasteiger partial charge in [-0.25, -0.2) is 4.79 Å². The average molecular weight is 598 g/mol. The van der Waals surface area contributed by atoms with Crippen molar-refractivity contribution in [3.05, 3.63) is 107 Å². The Morgan fingerprint density at radius 3 is 2.00 bits per heavy atom. The molecule has 9 heteroatoms. The van der Waals surface area contributed by atoms with E-state index in [4.69, 9.17) is 9.47 Å². The molecule has 9 nitrogen and oxygen atoms in total. The van der Waals surface area contributed by atoms with E-state index in [-0.39, 0.29) is 23.9 Å². The number of esters is 1. The highest BCUT2D eigenvalue weighted by molar-refractivity contribution is 6.00. The predicted molar refractivity (Wildman–Crippen MR) is 165 cm³/mol. The van der Waals surface area contributed by atoms with E-state index in [1.54, 1.807) is 28.9 Å². The van der Waals surface area contributed by atoms with Crippen LogP contribution in [0.15, 0.2) is 84.9 Å². The van der Waals surface area contributed by atoms with Gasteiger partial charge in [0.25, 0.3) is 5.91 Å². The number of amides is 3. The van der Waals surface area contributed by atoms with Crippen molar-refractivity contribution in [2.75, 3.05) is 26.8 Å². The van der Waals surface area contributed by atoms with Crippen LogP contribution in [0.4, 0.5) is 4.79 Å². The zero-order valence-electron chi connectivity index (χ0n) is 25.3. The standard InChI is InChI=1S/C35H39N3O6/c1-4-44-35(42)37-21-19-27(20-22-37)36-32(39)31-28(24-11-7-5-8-12-24)29(34(41)43-3)30(25-13-9-6-10-14-25)38(31)33(40)26-17-15-23(2)16-18-26/h5-18,27-31H,4,19-22H2,1-3H3,(H,36,39). The van der Waals surface area contributed by atoms with Gasteiger partial charge in [0, 0.05) is 30.6 Å². The summed E-state index contributed by atoms with van der Waals surface area (Å²) >= 11 is 0. The monoisotopic (exact) mass is 597 g/mol. The fraction of sp³-hybridized carbons (Fsp3) is 0.371. The molecule has 3 aromatic rings. The molecule has 0 aliphatic carbocycles. The van der Waals surface area contributed by atoms with Crippen LogP contribution >= 0.6 is 0 Å². The summed E-state index contributed by atoms with van der Waals surface area (Å²) in [6, 6.07) is 24.0. The molecule has 2 saturated heterocycles. The third-order valence-electron chi connectivity index (χ3n) is 8.63. The number of piperidine rings is 1. The van der Waals surface area contributed by atoms with Crippen LogP contribution < -0.4 is 5.32 Å². The van der Waals surface area contributed by atoms with Crippen LogP contribution in [-0.2, 0) is 19.1 Å². The van der Waals surface area contributed by atoms with Gasteiger partial charge < -0.3 is 24.6 Å². The van der Waals surface area contributed by atoms with Gasteiger partial charge in [-0.05, 0) is 49.9 Å². The number of hydrogen-bond acceptors (Lipinski definition) is 6. The van der Waals surface area contributed by atoms with Crippen molar-refractivity contribution in [1.82, 2.24) is 15.1 Å². The van der Waals surface area contributed by atoms with Crippen molar-refractivity contribution in [2.45, 2.75) is 50.7 Å². The Hall–Kier alpha value is -4.66. The first-order valence-electron chi connectivity index (χ1n) is 15.1. The molecule has 4 unspecified atom stereocenters.